The number of fused-ring (bicyclic) bond motifs is 2. The summed E-state index contributed by atoms with van der Waals surface area (Å²) < 4.78 is 22.7. The lowest BCUT2D eigenvalue weighted by atomic mass is 9.84. The topological polar surface area (TPSA) is 176 Å². The third-order valence-corrected chi connectivity index (χ3v) is 15.2. The average molecular weight is 1190 g/mol. The van der Waals surface area contributed by atoms with E-state index in [2.05, 4.69) is 126 Å². The second kappa shape index (κ2) is 30.1. The maximum absolute atomic E-state index is 12.4. The molecule has 82 heavy (non-hydrogen) atoms. The first kappa shape index (κ1) is 60.1. The highest BCUT2D eigenvalue weighted by Gasteiger charge is 2.29. The smallest absolute Gasteiger partial charge is 0.319 e. The van der Waals surface area contributed by atoms with E-state index < -0.39 is 0 Å². The Morgan fingerprint density at radius 1 is 0.488 bits per heavy atom. The van der Waals surface area contributed by atoms with Crippen LogP contribution in [-0.4, -0.2) is 138 Å². The molecule has 4 amide bonds. The zero-order chi connectivity index (χ0) is 57.2. The Morgan fingerprint density at radius 3 is 1.28 bits per heavy atom. The Hall–Kier alpha value is -6.54. The molecule has 20 heteroatoms. The molecule has 0 fully saturated rings. The Morgan fingerprint density at radius 2 is 0.890 bits per heavy atom. The van der Waals surface area contributed by atoms with Gasteiger partial charge in [-0.2, -0.15) is 0 Å². The van der Waals surface area contributed by atoms with Crippen LogP contribution >= 0.6 is 46.4 Å². The van der Waals surface area contributed by atoms with Gasteiger partial charge in [-0.1, -0.05) is 94.9 Å². The molecule has 7 aromatic rings. The number of hydrogen-bond acceptors (Lipinski definition) is 12. The van der Waals surface area contributed by atoms with E-state index in [0.717, 1.165) is 71.2 Å². The predicted octanol–water partition coefficient (Wildman–Crippen LogP) is 12.1. The van der Waals surface area contributed by atoms with E-state index in [1.807, 2.05) is 48.8 Å². The lowest BCUT2D eigenvalue weighted by Gasteiger charge is -2.33. The minimum Gasteiger partial charge on any atom is -0.377 e. The number of nitrogens with one attached hydrogen (secondary N) is 6. The second-order valence-electron chi connectivity index (χ2n) is 20.2. The van der Waals surface area contributed by atoms with Crippen LogP contribution < -0.4 is 31.9 Å². The fraction of sp³-hybridized carbons (Fsp3) is 0.323. The molecule has 2 aromatic heterocycles. The van der Waals surface area contributed by atoms with Crippen LogP contribution in [0.3, 0.4) is 0 Å². The van der Waals surface area contributed by atoms with Gasteiger partial charge >= 0.3 is 12.1 Å². The number of benzene rings is 5. The van der Waals surface area contributed by atoms with Crippen LogP contribution in [0.1, 0.15) is 45.2 Å². The molecule has 4 heterocycles. The van der Waals surface area contributed by atoms with Crippen LogP contribution in [0.5, 0.6) is 0 Å². The van der Waals surface area contributed by atoms with Gasteiger partial charge in [-0.25, -0.2) is 19.6 Å². The van der Waals surface area contributed by atoms with Crippen LogP contribution in [-0.2, 0) is 32.0 Å². The Balaban J connectivity index is 0.559. The zero-order valence-electron chi connectivity index (χ0n) is 45.9. The molecule has 5 aromatic carbocycles. The van der Waals surface area contributed by atoms with Gasteiger partial charge in [-0.3, -0.25) is 0 Å². The van der Waals surface area contributed by atoms with E-state index in [1.165, 1.54) is 22.3 Å². The van der Waals surface area contributed by atoms with Crippen molar-refractivity contribution in [3.05, 3.63) is 187 Å². The summed E-state index contributed by atoms with van der Waals surface area (Å²) >= 11 is 26.1. The quantitative estimate of drug-likeness (QED) is 0.0284. The Kier molecular flexibility index (Phi) is 22.1. The van der Waals surface area contributed by atoms with E-state index in [1.54, 1.807) is 24.3 Å². The van der Waals surface area contributed by atoms with Crippen LogP contribution in [0.15, 0.2) is 134 Å². The number of nitrogens with zero attached hydrogens (tertiary/aromatic N) is 4. The first-order valence-electron chi connectivity index (χ1n) is 27.4. The fourth-order valence-corrected chi connectivity index (χ4v) is 11.2. The number of pyridine rings is 2. The number of urea groups is 2. The number of hydrogen-bond donors (Lipinski definition) is 6. The van der Waals surface area contributed by atoms with E-state index >= 15 is 0 Å². The molecule has 16 nitrogen and oxygen atoms in total. The fourth-order valence-electron chi connectivity index (χ4n) is 10.1. The normalized spacial score (nSPS) is 15.0. The molecule has 0 aliphatic carbocycles. The zero-order valence-corrected chi connectivity index (χ0v) is 48.9. The SMILES string of the molecule is CN1Cc2c(Cl)cc(Cl)cc2[C@H](c2cccc(-c3ccc(NCCOCCOCCNC(=O)Nc4ccc(NC(=O)NCCOCCOCCNc5ccc(-c6cccc([C@@H]7CN(C)Cc8c(Cl)cc(Cl)cc87)c6)cn5)cc4)nc3)c2)C1. The van der Waals surface area contributed by atoms with Crippen molar-refractivity contribution >= 4 is 81.5 Å². The highest BCUT2D eigenvalue weighted by Crippen LogP contribution is 2.41. The van der Waals surface area contributed by atoms with Crippen molar-refractivity contribution in [1.82, 2.24) is 30.4 Å². The minimum absolute atomic E-state index is 0.156. The van der Waals surface area contributed by atoms with E-state index in [-0.39, 0.29) is 23.9 Å². The number of halogens is 4. The molecule has 0 bridgehead atoms. The van der Waals surface area contributed by atoms with Gasteiger partial charge in [0.05, 0.1) is 52.9 Å². The number of rotatable bonds is 26. The lowest BCUT2D eigenvalue weighted by Crippen LogP contribution is -2.32. The number of likely N-dealkylation sites (N-methyl/N-ethyl adjacent to an activating group) is 2. The Bertz CT molecular complexity index is 3020. The molecule has 6 N–H and O–H groups in total. The second-order valence-corrected chi connectivity index (χ2v) is 21.9. The van der Waals surface area contributed by atoms with Gasteiger partial charge in [0, 0.05) is 119 Å². The molecule has 9 rings (SSSR count). The summed E-state index contributed by atoms with van der Waals surface area (Å²) in [6.45, 7) is 8.36. The number of ether oxygens (including phenoxy) is 4. The van der Waals surface area contributed by atoms with Gasteiger partial charge in [0.15, 0.2) is 0 Å². The van der Waals surface area contributed by atoms with Crippen LogP contribution in [0.4, 0.5) is 32.6 Å². The summed E-state index contributed by atoms with van der Waals surface area (Å²) in [4.78, 5) is 38.7. The van der Waals surface area contributed by atoms with Gasteiger partial charge in [0.25, 0.3) is 0 Å². The average Bonchev–Trinajstić information content (AvgIpc) is 3.66. The van der Waals surface area contributed by atoms with Crippen molar-refractivity contribution in [3.8, 4) is 22.3 Å². The monoisotopic (exact) mass is 1190 g/mol. The molecule has 0 spiro atoms. The van der Waals surface area contributed by atoms with E-state index in [4.69, 9.17) is 65.4 Å². The molecule has 0 saturated carbocycles. The first-order valence-corrected chi connectivity index (χ1v) is 28.9. The van der Waals surface area contributed by atoms with E-state index in [0.29, 0.717) is 110 Å². The van der Waals surface area contributed by atoms with Crippen molar-refractivity contribution < 1.29 is 28.5 Å². The molecule has 0 saturated heterocycles. The molecule has 2 aliphatic rings. The highest BCUT2D eigenvalue weighted by atomic mass is 35.5. The molecule has 0 radical (unpaired) electrons. The summed E-state index contributed by atoms with van der Waals surface area (Å²) in [6.07, 6.45) is 3.75. The summed E-state index contributed by atoms with van der Waals surface area (Å²) in [5.41, 5.74) is 12.4. The molecule has 2 atom stereocenters. The summed E-state index contributed by atoms with van der Waals surface area (Å²) in [5.74, 6) is 1.83. The third-order valence-electron chi connectivity index (χ3n) is 14.1. The lowest BCUT2D eigenvalue weighted by molar-refractivity contribution is 0.0534. The van der Waals surface area contributed by atoms with Crippen molar-refractivity contribution in [1.29, 1.82) is 0 Å². The van der Waals surface area contributed by atoms with Crippen molar-refractivity contribution in [2.24, 2.45) is 0 Å². The first-order chi connectivity index (χ1) is 39.9. The summed E-state index contributed by atoms with van der Waals surface area (Å²) in [6, 6.07) is 39.0. The van der Waals surface area contributed by atoms with Crippen molar-refractivity contribution in [2.45, 2.75) is 24.9 Å². The number of aromatic nitrogens is 2. The molecule has 2 aliphatic heterocycles. The molecular weight excluding hydrogens is 1120 g/mol. The van der Waals surface area contributed by atoms with E-state index in [9.17, 15) is 9.59 Å². The summed E-state index contributed by atoms with van der Waals surface area (Å²) in [7, 11) is 4.23. The largest absolute Gasteiger partial charge is 0.377 e. The van der Waals surface area contributed by atoms with Gasteiger partial charge < -0.3 is 60.6 Å². The number of carbonyl (C=O) groups excluding carboxylic acids is 2. The standard InChI is InChI=1S/C62H68Cl4N10O6/c1-75-37-53(51-31-47(63)33-57(65)55(51)39-75)43-7-3-5-41(29-43)45-9-15-59(71-35-45)67-17-21-79-25-27-81-23-19-69-61(77)73-49-11-13-50(14-12-49)74-62(78)70-20-24-82-28-26-80-22-18-68-60-16-10-46(36-72-60)42-6-4-8-44(30-42)54-38-76(2)40-56-52(54)32-48(64)34-58(56)66/h3-16,29-36,53-54H,17-28,37-40H2,1-2H3,(H,67,71)(H,68,72)(H2,69,73,77)(H2,70,74,78)/t53-,54-/m0/s1. The number of amides is 4. The summed E-state index contributed by atoms with van der Waals surface area (Å²) in [5, 5.41) is 20.4. The minimum atomic E-state index is -0.372. The van der Waals surface area contributed by atoms with Crippen LogP contribution in [0.2, 0.25) is 20.1 Å². The Labute approximate surface area is 499 Å². The maximum atomic E-state index is 12.4. The van der Waals surface area contributed by atoms with Crippen molar-refractivity contribution in [2.75, 3.05) is 127 Å². The van der Waals surface area contributed by atoms with Gasteiger partial charge in [0.2, 0.25) is 0 Å². The van der Waals surface area contributed by atoms with Gasteiger partial charge in [-0.05, 0) is 131 Å². The molecular formula is C62H68Cl4N10O6. The van der Waals surface area contributed by atoms with Gasteiger partial charge in [-0.15, -0.1) is 0 Å². The highest BCUT2D eigenvalue weighted by molar-refractivity contribution is 6.35. The molecule has 0 unspecified atom stereocenters. The molecule has 430 valence electrons. The van der Waals surface area contributed by atoms with Crippen LogP contribution in [0.25, 0.3) is 22.3 Å². The number of anilines is 4. The van der Waals surface area contributed by atoms with Crippen molar-refractivity contribution in [3.63, 3.8) is 0 Å². The van der Waals surface area contributed by atoms with Crippen LogP contribution in [0, 0.1) is 0 Å². The maximum Gasteiger partial charge on any atom is 0.319 e. The third kappa shape index (κ3) is 17.3. The number of carbonyl (C=O) groups is 2. The predicted molar refractivity (Wildman–Crippen MR) is 329 cm³/mol. The van der Waals surface area contributed by atoms with Gasteiger partial charge in [0.1, 0.15) is 11.6 Å².